The van der Waals surface area contributed by atoms with Gasteiger partial charge < -0.3 is 23.7 Å². The Kier molecular flexibility index (Phi) is 4.59. The summed E-state index contributed by atoms with van der Waals surface area (Å²) in [4.78, 5) is 38.6. The van der Waals surface area contributed by atoms with Crippen LogP contribution in [-0.4, -0.2) is 48.2 Å². The van der Waals surface area contributed by atoms with Crippen LogP contribution in [0.15, 0.2) is 4.42 Å². The van der Waals surface area contributed by atoms with E-state index < -0.39 is 39.5 Å². The second-order valence-corrected chi connectivity index (χ2v) is 11.4. The zero-order valence-corrected chi connectivity index (χ0v) is 18.8. The molecule has 1 aliphatic heterocycles. The maximum Gasteiger partial charge on any atom is 0.342 e. The fraction of sp³-hybridized carbons (Fsp3) is 0.591. The number of esters is 2. The third kappa shape index (κ3) is 3.15. The van der Waals surface area contributed by atoms with Gasteiger partial charge in [0, 0.05) is 11.8 Å². The fourth-order valence-corrected chi connectivity index (χ4v) is 6.95. The maximum atomic E-state index is 13.4. The topological polar surface area (TPSA) is 167 Å². The van der Waals surface area contributed by atoms with E-state index in [1.165, 1.54) is 0 Å². The van der Waals surface area contributed by atoms with Gasteiger partial charge in [-0.3, -0.25) is 14.1 Å². The van der Waals surface area contributed by atoms with E-state index in [2.05, 4.69) is 0 Å². The van der Waals surface area contributed by atoms with E-state index in [4.69, 9.17) is 23.2 Å². The number of ether oxygens (including phenoxy) is 3. The van der Waals surface area contributed by atoms with Crippen molar-refractivity contribution in [1.29, 1.82) is 0 Å². The molecule has 2 aromatic heterocycles. The summed E-state index contributed by atoms with van der Waals surface area (Å²) in [6, 6.07) is 0. The largest absolute Gasteiger partial charge is 0.462 e. The molecule has 2 N–H and O–H groups in total. The van der Waals surface area contributed by atoms with Gasteiger partial charge in [-0.2, -0.15) is 8.42 Å². The standard InChI is InChI=1S/C22H22O11S/c23-14-10-4-9-5-11(14)8-22(6-9,7-10)21(26)33-18-15-12(13-16(31-15)17(18)32-20(13)25)19(24)30-2-1-3-34(27,28)29/h9-11,20,25H,1-8H2,(H,27,28,29). The molecule has 4 saturated carbocycles. The zero-order valence-electron chi connectivity index (χ0n) is 17.9. The van der Waals surface area contributed by atoms with Crippen LogP contribution in [0.2, 0.25) is 0 Å². The lowest BCUT2D eigenvalue weighted by atomic mass is 9.49. The van der Waals surface area contributed by atoms with Crippen molar-refractivity contribution in [3.63, 3.8) is 0 Å². The Hall–Kier alpha value is -2.70. The Labute approximate surface area is 193 Å². The molecule has 7 rings (SSSR count). The van der Waals surface area contributed by atoms with Crippen molar-refractivity contribution in [3.8, 4) is 11.5 Å². The number of fused-ring (bicyclic) bond motifs is 1. The van der Waals surface area contributed by atoms with Crippen molar-refractivity contribution in [2.24, 2.45) is 23.2 Å². The molecule has 0 spiro atoms. The highest BCUT2D eigenvalue weighted by Crippen LogP contribution is 2.60. The first-order valence-electron chi connectivity index (χ1n) is 11.2. The number of hydrogen-bond acceptors (Lipinski definition) is 10. The molecule has 4 fully saturated rings. The van der Waals surface area contributed by atoms with Crippen molar-refractivity contribution in [1.82, 2.24) is 0 Å². The monoisotopic (exact) mass is 494 g/mol. The molecule has 12 heteroatoms. The number of furan rings is 2. The van der Waals surface area contributed by atoms with Gasteiger partial charge in [0.05, 0.1) is 23.3 Å². The van der Waals surface area contributed by atoms with Gasteiger partial charge in [-0.1, -0.05) is 0 Å². The summed E-state index contributed by atoms with van der Waals surface area (Å²) >= 11 is 0. The highest BCUT2D eigenvalue weighted by Gasteiger charge is 2.59. The Bertz CT molecular complexity index is 1300. The van der Waals surface area contributed by atoms with Crippen LogP contribution in [-0.2, 0) is 24.4 Å². The van der Waals surface area contributed by atoms with Crippen LogP contribution in [0.1, 0.15) is 60.7 Å². The Morgan fingerprint density at radius 1 is 1.12 bits per heavy atom. The van der Waals surface area contributed by atoms with E-state index in [0.29, 0.717) is 25.2 Å². The van der Waals surface area contributed by atoms with E-state index in [-0.39, 0.29) is 64.4 Å². The highest BCUT2D eigenvalue weighted by molar-refractivity contribution is 7.85. The van der Waals surface area contributed by atoms with Crippen LogP contribution < -0.4 is 9.47 Å². The molecule has 34 heavy (non-hydrogen) atoms. The summed E-state index contributed by atoms with van der Waals surface area (Å²) < 4.78 is 52.3. The van der Waals surface area contributed by atoms with Crippen molar-refractivity contribution < 1.29 is 51.1 Å². The third-order valence-electron chi connectivity index (χ3n) is 7.65. The molecule has 11 nitrogen and oxygen atoms in total. The Morgan fingerprint density at radius 3 is 2.50 bits per heavy atom. The summed E-state index contributed by atoms with van der Waals surface area (Å²) in [5.41, 5.74) is -0.879. The molecular weight excluding hydrogens is 472 g/mol. The lowest BCUT2D eigenvalue weighted by Crippen LogP contribution is -2.55. The van der Waals surface area contributed by atoms with Crippen LogP contribution in [0.4, 0.5) is 0 Å². The van der Waals surface area contributed by atoms with Crippen LogP contribution >= 0.6 is 0 Å². The minimum Gasteiger partial charge on any atom is -0.462 e. The number of benzene rings is 1. The lowest BCUT2D eigenvalue weighted by Gasteiger charge is -2.53. The van der Waals surface area contributed by atoms with E-state index in [1.54, 1.807) is 0 Å². The second kappa shape index (κ2) is 7.15. The SMILES string of the molecule is O=C(OCCCS(=O)(=O)O)c1c2c3oc1c(OC(=O)C14CC5CC(C1)C(=O)C(C5)C4)c3OC2O. The summed E-state index contributed by atoms with van der Waals surface area (Å²) in [5.74, 6) is -1.76. The summed E-state index contributed by atoms with van der Waals surface area (Å²) in [5, 5.41) is 10.3. The predicted octanol–water partition coefficient (Wildman–Crippen LogP) is 1.99. The highest BCUT2D eigenvalue weighted by atomic mass is 32.2. The zero-order chi connectivity index (χ0) is 24.0. The van der Waals surface area contributed by atoms with Gasteiger partial charge in [-0.05, 0) is 44.4 Å². The first kappa shape index (κ1) is 21.8. The summed E-state index contributed by atoms with van der Waals surface area (Å²) in [7, 11) is -4.20. The summed E-state index contributed by atoms with van der Waals surface area (Å²) in [6.07, 6.45) is 1.51. The smallest absolute Gasteiger partial charge is 0.342 e. The molecule has 0 radical (unpaired) electrons. The first-order valence-corrected chi connectivity index (χ1v) is 12.8. The molecule has 2 aromatic rings. The molecule has 5 aliphatic rings. The maximum absolute atomic E-state index is 13.4. The van der Waals surface area contributed by atoms with Gasteiger partial charge in [0.1, 0.15) is 11.3 Å². The predicted molar refractivity (Wildman–Crippen MR) is 111 cm³/mol. The van der Waals surface area contributed by atoms with E-state index in [1.807, 2.05) is 0 Å². The van der Waals surface area contributed by atoms with Crippen LogP contribution in [0.5, 0.6) is 11.5 Å². The van der Waals surface area contributed by atoms with E-state index in [9.17, 15) is 27.9 Å². The minimum absolute atomic E-state index is 0.0366. The van der Waals surface area contributed by atoms with Crippen molar-refractivity contribution in [2.75, 3.05) is 12.4 Å². The molecule has 3 heterocycles. The number of carbonyl (C=O) groups excluding carboxylic acids is 3. The molecule has 0 aromatic carbocycles. The molecule has 182 valence electrons. The van der Waals surface area contributed by atoms with Gasteiger partial charge in [0.15, 0.2) is 11.2 Å². The number of carbonyl (C=O) groups is 3. The van der Waals surface area contributed by atoms with Crippen molar-refractivity contribution in [3.05, 3.63) is 11.1 Å². The number of Topliss-reactive ketones (excluding diaryl/α,β-unsaturated/α-hetero) is 1. The van der Waals surface area contributed by atoms with E-state index in [0.717, 1.165) is 12.8 Å². The number of hydrogen-bond donors (Lipinski definition) is 2. The van der Waals surface area contributed by atoms with Crippen molar-refractivity contribution in [2.45, 2.75) is 44.8 Å². The molecule has 0 saturated heterocycles. The number of aliphatic hydroxyl groups excluding tert-OH is 1. The number of ketones is 1. The van der Waals surface area contributed by atoms with E-state index >= 15 is 0 Å². The number of rotatable bonds is 7. The number of aliphatic hydroxyl groups is 1. The van der Waals surface area contributed by atoms with Crippen LogP contribution in [0, 0.1) is 23.2 Å². The van der Waals surface area contributed by atoms with Crippen LogP contribution in [0.3, 0.4) is 0 Å². The van der Waals surface area contributed by atoms with Gasteiger partial charge in [0.25, 0.3) is 10.1 Å². The van der Waals surface area contributed by atoms with Gasteiger partial charge in [-0.25, -0.2) is 4.79 Å². The molecule has 4 aliphatic carbocycles. The lowest BCUT2D eigenvalue weighted by molar-refractivity contribution is -0.167. The van der Waals surface area contributed by atoms with Gasteiger partial charge >= 0.3 is 11.9 Å². The third-order valence-corrected chi connectivity index (χ3v) is 8.45. The Balaban J connectivity index is 1.25. The average molecular weight is 494 g/mol. The quantitative estimate of drug-likeness (QED) is 0.250. The molecule has 6 bridgehead atoms. The fourth-order valence-electron chi connectivity index (χ4n) is 6.46. The molecule has 3 atom stereocenters. The normalized spacial score (nSPS) is 31.3. The first-order chi connectivity index (χ1) is 16.1. The minimum atomic E-state index is -4.20. The Morgan fingerprint density at radius 2 is 1.82 bits per heavy atom. The molecular formula is C22H22O11S. The molecule has 0 amide bonds. The second-order valence-electron chi connectivity index (χ2n) is 9.87. The molecule has 3 unspecified atom stereocenters. The van der Waals surface area contributed by atoms with Crippen molar-refractivity contribution >= 4 is 39.0 Å². The van der Waals surface area contributed by atoms with Gasteiger partial charge in [0.2, 0.25) is 17.8 Å². The summed E-state index contributed by atoms with van der Waals surface area (Å²) in [6.45, 7) is -0.304. The van der Waals surface area contributed by atoms with Crippen LogP contribution in [0.25, 0.3) is 11.2 Å². The van der Waals surface area contributed by atoms with Gasteiger partial charge in [-0.15, -0.1) is 0 Å². The average Bonchev–Trinajstić information content (AvgIpc) is 3.37.